The highest BCUT2D eigenvalue weighted by Crippen LogP contribution is 2.40. The van der Waals surface area contributed by atoms with Gasteiger partial charge in [0.1, 0.15) is 0 Å². The van der Waals surface area contributed by atoms with Crippen molar-refractivity contribution in [3.8, 4) is 0 Å². The molecule has 2 aromatic rings. The van der Waals surface area contributed by atoms with E-state index < -0.39 is 0 Å². The average Bonchev–Trinajstić information content (AvgIpc) is 2.61. The van der Waals surface area contributed by atoms with Crippen LogP contribution in [0.15, 0.2) is 48.5 Å². The predicted octanol–water partition coefficient (Wildman–Crippen LogP) is 4.82. The Hall–Kier alpha value is -2.00. The Labute approximate surface area is 148 Å². The number of primary amides is 1. The Balaban J connectivity index is 1.60. The van der Waals surface area contributed by atoms with E-state index in [0.29, 0.717) is 22.4 Å². The molecule has 0 saturated heterocycles. The van der Waals surface area contributed by atoms with Gasteiger partial charge in [-0.05, 0) is 67.3 Å². The third-order valence-corrected chi connectivity index (χ3v) is 5.27. The number of nitrogens with one attached hydrogen (secondary N) is 1. The topological polar surface area (TPSA) is 55.1 Å². The summed E-state index contributed by atoms with van der Waals surface area (Å²) in [7, 11) is 0. The molecule has 3 N–H and O–H groups in total. The average molecular weight is 343 g/mol. The van der Waals surface area contributed by atoms with Gasteiger partial charge in [-0.25, -0.2) is 0 Å². The summed E-state index contributed by atoms with van der Waals surface area (Å²) < 4.78 is 0. The minimum Gasteiger partial charge on any atom is -0.385 e. The van der Waals surface area contributed by atoms with Gasteiger partial charge in [-0.2, -0.15) is 0 Å². The largest absolute Gasteiger partial charge is 0.385 e. The number of nitrogens with two attached hydrogens (primary N) is 1. The summed E-state index contributed by atoms with van der Waals surface area (Å²) in [4.78, 5) is 11.7. The Bertz CT molecular complexity index is 694. The van der Waals surface area contributed by atoms with E-state index in [1.807, 2.05) is 24.3 Å². The van der Waals surface area contributed by atoms with Gasteiger partial charge in [0.15, 0.2) is 0 Å². The van der Waals surface area contributed by atoms with Crippen molar-refractivity contribution in [2.24, 2.45) is 11.7 Å². The Morgan fingerprint density at radius 2 is 1.75 bits per heavy atom. The summed E-state index contributed by atoms with van der Waals surface area (Å²) in [5.74, 6) is 0.593. The zero-order valence-corrected chi connectivity index (χ0v) is 14.4. The molecule has 0 unspecified atom stereocenters. The van der Waals surface area contributed by atoms with Crippen LogP contribution in [0.3, 0.4) is 0 Å². The van der Waals surface area contributed by atoms with Gasteiger partial charge < -0.3 is 11.1 Å². The number of anilines is 1. The Morgan fingerprint density at radius 3 is 2.42 bits per heavy atom. The molecule has 0 bridgehead atoms. The highest BCUT2D eigenvalue weighted by molar-refractivity contribution is 6.32. The molecule has 1 amide bonds. The van der Waals surface area contributed by atoms with Crippen LogP contribution in [0.2, 0.25) is 5.02 Å². The molecule has 1 saturated carbocycles. The lowest BCUT2D eigenvalue weighted by molar-refractivity contribution is 0.0998. The van der Waals surface area contributed by atoms with Gasteiger partial charge in [0.05, 0.1) is 0 Å². The number of para-hydroxylation sites is 1. The molecular formula is C20H23ClN2O. The van der Waals surface area contributed by atoms with E-state index in [4.69, 9.17) is 17.3 Å². The molecule has 4 heteroatoms. The molecule has 126 valence electrons. The second kappa shape index (κ2) is 7.71. The fourth-order valence-corrected chi connectivity index (χ4v) is 3.97. The number of carbonyl (C=O) groups excluding carboxylic acids is 1. The maximum Gasteiger partial charge on any atom is 0.249 e. The van der Waals surface area contributed by atoms with Crippen molar-refractivity contribution in [3.05, 3.63) is 64.7 Å². The molecule has 1 fully saturated rings. The molecule has 1 aliphatic rings. The van der Waals surface area contributed by atoms with Crippen LogP contribution in [0.5, 0.6) is 0 Å². The van der Waals surface area contributed by atoms with Crippen LogP contribution in [0.4, 0.5) is 5.69 Å². The first-order chi connectivity index (χ1) is 11.6. The van der Waals surface area contributed by atoms with Gasteiger partial charge in [-0.1, -0.05) is 35.9 Å². The molecule has 0 aliphatic heterocycles. The van der Waals surface area contributed by atoms with E-state index in [1.165, 1.54) is 5.69 Å². The van der Waals surface area contributed by atoms with Crippen molar-refractivity contribution in [2.75, 3.05) is 11.9 Å². The van der Waals surface area contributed by atoms with Crippen molar-refractivity contribution in [1.82, 2.24) is 0 Å². The van der Waals surface area contributed by atoms with Crippen LogP contribution < -0.4 is 11.1 Å². The van der Waals surface area contributed by atoms with Crippen molar-refractivity contribution >= 4 is 23.2 Å². The molecule has 24 heavy (non-hydrogen) atoms. The monoisotopic (exact) mass is 342 g/mol. The minimum atomic E-state index is -0.389. The third kappa shape index (κ3) is 3.90. The first kappa shape index (κ1) is 16.8. The summed E-state index contributed by atoms with van der Waals surface area (Å²) in [6, 6.07) is 15.7. The molecule has 3 rings (SSSR count). The van der Waals surface area contributed by atoms with Crippen LogP contribution in [0, 0.1) is 5.92 Å². The quantitative estimate of drug-likeness (QED) is 0.818. The molecule has 0 radical (unpaired) electrons. The number of rotatable bonds is 5. The first-order valence-corrected chi connectivity index (χ1v) is 8.90. The Kier molecular flexibility index (Phi) is 5.41. The van der Waals surface area contributed by atoms with E-state index in [2.05, 4.69) is 17.4 Å². The van der Waals surface area contributed by atoms with Crippen molar-refractivity contribution in [1.29, 1.82) is 0 Å². The van der Waals surface area contributed by atoms with Crippen LogP contribution >= 0.6 is 11.6 Å². The van der Waals surface area contributed by atoms with Gasteiger partial charge >= 0.3 is 0 Å². The number of halogens is 1. The second-order valence-corrected chi connectivity index (χ2v) is 6.94. The summed E-state index contributed by atoms with van der Waals surface area (Å²) in [5, 5.41) is 4.17. The molecule has 0 heterocycles. The van der Waals surface area contributed by atoms with Crippen molar-refractivity contribution in [2.45, 2.75) is 31.6 Å². The fourth-order valence-electron chi connectivity index (χ4n) is 3.64. The molecular weight excluding hydrogens is 320 g/mol. The van der Waals surface area contributed by atoms with Crippen LogP contribution in [0.25, 0.3) is 0 Å². The van der Waals surface area contributed by atoms with E-state index >= 15 is 0 Å². The van der Waals surface area contributed by atoms with E-state index in [9.17, 15) is 4.79 Å². The zero-order valence-electron chi connectivity index (χ0n) is 13.7. The lowest BCUT2D eigenvalue weighted by atomic mass is 9.77. The minimum absolute atomic E-state index is 0.328. The summed E-state index contributed by atoms with van der Waals surface area (Å²) in [5.41, 5.74) is 8.21. The number of hydrogen-bond acceptors (Lipinski definition) is 2. The third-order valence-electron chi connectivity index (χ3n) is 4.94. The Morgan fingerprint density at radius 1 is 1.04 bits per heavy atom. The predicted molar refractivity (Wildman–Crippen MR) is 99.6 cm³/mol. The summed E-state index contributed by atoms with van der Waals surface area (Å²) in [6.07, 6.45) is 4.36. The van der Waals surface area contributed by atoms with Gasteiger partial charge in [0.2, 0.25) is 5.91 Å². The van der Waals surface area contributed by atoms with Crippen molar-refractivity contribution in [3.63, 3.8) is 0 Å². The van der Waals surface area contributed by atoms with E-state index in [-0.39, 0.29) is 5.91 Å². The summed E-state index contributed by atoms with van der Waals surface area (Å²) >= 11 is 6.36. The number of amides is 1. The molecule has 0 atom stereocenters. The molecule has 2 aromatic carbocycles. The summed E-state index contributed by atoms with van der Waals surface area (Å²) in [6.45, 7) is 0.988. The standard InChI is InChI=1S/C20H23ClN2O/c21-18-8-4-7-17(20(22)24)19(18)15-11-9-14(10-12-15)13-23-16-5-2-1-3-6-16/h1-8,14-15,23H,9-13H2,(H2,22,24). The number of carbonyl (C=O) groups is 1. The lowest BCUT2D eigenvalue weighted by Crippen LogP contribution is -2.22. The number of benzene rings is 2. The SMILES string of the molecule is NC(=O)c1cccc(Cl)c1C1CCC(CNc2ccccc2)CC1. The van der Waals surface area contributed by atoms with E-state index in [0.717, 1.165) is 37.8 Å². The molecule has 0 aromatic heterocycles. The van der Waals surface area contributed by atoms with Gasteiger partial charge in [-0.15, -0.1) is 0 Å². The van der Waals surface area contributed by atoms with Crippen LogP contribution in [-0.2, 0) is 0 Å². The molecule has 1 aliphatic carbocycles. The van der Waals surface area contributed by atoms with Crippen LogP contribution in [0.1, 0.15) is 47.5 Å². The van der Waals surface area contributed by atoms with E-state index in [1.54, 1.807) is 12.1 Å². The van der Waals surface area contributed by atoms with Crippen molar-refractivity contribution < 1.29 is 4.79 Å². The highest BCUT2D eigenvalue weighted by Gasteiger charge is 2.26. The second-order valence-electron chi connectivity index (χ2n) is 6.53. The highest BCUT2D eigenvalue weighted by atomic mass is 35.5. The fraction of sp³-hybridized carbons (Fsp3) is 0.350. The molecule has 0 spiro atoms. The normalized spacial score (nSPS) is 20.5. The van der Waals surface area contributed by atoms with Gasteiger partial charge in [0, 0.05) is 22.8 Å². The number of hydrogen-bond donors (Lipinski definition) is 2. The van der Waals surface area contributed by atoms with Gasteiger partial charge in [-0.3, -0.25) is 4.79 Å². The van der Waals surface area contributed by atoms with Gasteiger partial charge in [0.25, 0.3) is 0 Å². The lowest BCUT2D eigenvalue weighted by Gasteiger charge is -2.30. The maximum atomic E-state index is 11.7. The molecule has 3 nitrogen and oxygen atoms in total. The zero-order chi connectivity index (χ0) is 16.9. The van der Waals surface area contributed by atoms with Crippen LogP contribution in [-0.4, -0.2) is 12.5 Å². The maximum absolute atomic E-state index is 11.7. The smallest absolute Gasteiger partial charge is 0.249 e. The first-order valence-electron chi connectivity index (χ1n) is 8.52.